The van der Waals surface area contributed by atoms with Crippen molar-refractivity contribution in [2.75, 3.05) is 24.2 Å². The van der Waals surface area contributed by atoms with Crippen LogP contribution in [0.5, 0.6) is 5.75 Å². The Morgan fingerprint density at radius 3 is 2.17 bits per heavy atom. The highest BCUT2D eigenvalue weighted by molar-refractivity contribution is 7.92. The Morgan fingerprint density at radius 1 is 1.03 bits per heavy atom. The lowest BCUT2D eigenvalue weighted by Gasteiger charge is -2.32. The summed E-state index contributed by atoms with van der Waals surface area (Å²) in [5, 5.41) is 2.92. The van der Waals surface area contributed by atoms with Crippen molar-refractivity contribution in [1.82, 2.24) is 10.2 Å². The molecular formula is C26H37N3O5S. The highest BCUT2D eigenvalue weighted by atomic mass is 32.2. The highest BCUT2D eigenvalue weighted by Gasteiger charge is 2.31. The van der Waals surface area contributed by atoms with Crippen molar-refractivity contribution >= 4 is 27.5 Å². The molecule has 0 saturated heterocycles. The van der Waals surface area contributed by atoms with Crippen molar-refractivity contribution in [2.24, 2.45) is 0 Å². The molecule has 2 rings (SSSR count). The number of hydrogen-bond acceptors (Lipinski definition) is 5. The first-order valence-corrected chi connectivity index (χ1v) is 13.5. The van der Waals surface area contributed by atoms with E-state index in [1.165, 1.54) is 12.0 Å². The van der Waals surface area contributed by atoms with Gasteiger partial charge in [0.15, 0.2) is 0 Å². The average molecular weight is 504 g/mol. The Kier molecular flexibility index (Phi) is 9.71. The fraction of sp³-hybridized carbons (Fsp3) is 0.462. The molecule has 0 fully saturated rings. The van der Waals surface area contributed by atoms with Gasteiger partial charge in [0.1, 0.15) is 18.3 Å². The van der Waals surface area contributed by atoms with Crippen LogP contribution in [-0.2, 0) is 26.2 Å². The van der Waals surface area contributed by atoms with Gasteiger partial charge in [0.05, 0.1) is 19.1 Å². The van der Waals surface area contributed by atoms with E-state index in [-0.39, 0.29) is 24.2 Å². The van der Waals surface area contributed by atoms with Gasteiger partial charge < -0.3 is 15.0 Å². The maximum atomic E-state index is 13.6. The normalized spacial score (nSPS) is 13.0. The number of methoxy groups -OCH3 is 1. The summed E-state index contributed by atoms with van der Waals surface area (Å²) in [5.41, 5.74) is 3.00. The van der Waals surface area contributed by atoms with Gasteiger partial charge in [0.2, 0.25) is 21.8 Å². The zero-order valence-corrected chi connectivity index (χ0v) is 22.5. The average Bonchev–Trinajstić information content (AvgIpc) is 2.80. The molecule has 2 amide bonds. The molecular weight excluding hydrogens is 466 g/mol. The molecule has 0 aliphatic heterocycles. The number of amides is 2. The number of hydrogen-bond donors (Lipinski definition) is 1. The minimum absolute atomic E-state index is 0.0506. The SMILES string of the molecule is CC[C@@H](C)NC(=O)[C@@H](C)N(Cc1ccc(C)cc1)C(=O)CN(c1cc(C)ccc1OC)S(C)(=O)=O. The molecule has 2 atom stereocenters. The van der Waals surface area contributed by atoms with E-state index in [1.54, 1.807) is 25.1 Å². The molecule has 192 valence electrons. The molecule has 8 nitrogen and oxygen atoms in total. The van der Waals surface area contributed by atoms with E-state index in [2.05, 4.69) is 5.32 Å². The van der Waals surface area contributed by atoms with Gasteiger partial charge in [-0.15, -0.1) is 0 Å². The predicted molar refractivity (Wildman–Crippen MR) is 139 cm³/mol. The molecule has 0 radical (unpaired) electrons. The number of aryl methyl sites for hydroxylation is 2. The molecule has 0 bridgehead atoms. The second kappa shape index (κ2) is 12.1. The summed E-state index contributed by atoms with van der Waals surface area (Å²) in [6.45, 7) is 9.00. The topological polar surface area (TPSA) is 96.0 Å². The van der Waals surface area contributed by atoms with Gasteiger partial charge in [-0.1, -0.05) is 42.8 Å². The number of ether oxygens (including phenoxy) is 1. The van der Waals surface area contributed by atoms with Crippen molar-refractivity contribution in [3.8, 4) is 5.75 Å². The number of nitrogens with one attached hydrogen (secondary N) is 1. The van der Waals surface area contributed by atoms with Crippen LogP contribution in [0.3, 0.4) is 0 Å². The van der Waals surface area contributed by atoms with Gasteiger partial charge in [-0.25, -0.2) is 8.42 Å². The molecule has 0 aromatic heterocycles. The zero-order valence-electron chi connectivity index (χ0n) is 21.7. The molecule has 0 unspecified atom stereocenters. The van der Waals surface area contributed by atoms with Gasteiger partial charge >= 0.3 is 0 Å². The number of carbonyl (C=O) groups is 2. The Balaban J connectivity index is 2.45. The smallest absolute Gasteiger partial charge is 0.244 e. The molecule has 0 heterocycles. The van der Waals surface area contributed by atoms with Gasteiger partial charge in [0.25, 0.3) is 0 Å². The quantitative estimate of drug-likeness (QED) is 0.507. The molecule has 9 heteroatoms. The number of sulfonamides is 1. The third kappa shape index (κ3) is 7.71. The van der Waals surface area contributed by atoms with E-state index in [9.17, 15) is 18.0 Å². The van der Waals surface area contributed by atoms with Crippen LogP contribution in [0.25, 0.3) is 0 Å². The minimum Gasteiger partial charge on any atom is -0.495 e. The number of carbonyl (C=O) groups excluding carboxylic acids is 2. The third-order valence-corrected chi connectivity index (χ3v) is 7.05. The Morgan fingerprint density at radius 2 is 1.63 bits per heavy atom. The summed E-state index contributed by atoms with van der Waals surface area (Å²) in [6.07, 6.45) is 1.80. The first-order chi connectivity index (χ1) is 16.4. The van der Waals surface area contributed by atoms with Gasteiger partial charge in [-0.2, -0.15) is 0 Å². The van der Waals surface area contributed by atoms with E-state index in [0.29, 0.717) is 5.75 Å². The van der Waals surface area contributed by atoms with Crippen molar-refractivity contribution in [3.63, 3.8) is 0 Å². The van der Waals surface area contributed by atoms with Crippen molar-refractivity contribution in [3.05, 3.63) is 59.2 Å². The van der Waals surface area contributed by atoms with Crippen molar-refractivity contribution in [2.45, 2.75) is 59.7 Å². The van der Waals surface area contributed by atoms with Gasteiger partial charge in [-0.3, -0.25) is 13.9 Å². The Bertz CT molecular complexity index is 1130. The molecule has 0 aliphatic rings. The lowest BCUT2D eigenvalue weighted by Crippen LogP contribution is -2.52. The third-order valence-electron chi connectivity index (χ3n) is 5.92. The summed E-state index contributed by atoms with van der Waals surface area (Å²) in [4.78, 5) is 28.0. The lowest BCUT2D eigenvalue weighted by molar-refractivity contribution is -0.139. The van der Waals surface area contributed by atoms with Crippen LogP contribution in [-0.4, -0.2) is 57.1 Å². The van der Waals surface area contributed by atoms with E-state index in [0.717, 1.165) is 33.7 Å². The summed E-state index contributed by atoms with van der Waals surface area (Å²) in [7, 11) is -2.39. The van der Waals surface area contributed by atoms with E-state index < -0.39 is 28.5 Å². The maximum absolute atomic E-state index is 13.6. The lowest BCUT2D eigenvalue weighted by atomic mass is 10.1. The largest absolute Gasteiger partial charge is 0.495 e. The van der Waals surface area contributed by atoms with Crippen molar-refractivity contribution < 1.29 is 22.7 Å². The molecule has 1 N–H and O–H groups in total. The highest BCUT2D eigenvalue weighted by Crippen LogP contribution is 2.31. The van der Waals surface area contributed by atoms with E-state index in [1.807, 2.05) is 52.0 Å². The summed E-state index contributed by atoms with van der Waals surface area (Å²) in [6, 6.07) is 11.9. The first kappa shape index (κ1) is 28.2. The van der Waals surface area contributed by atoms with Crippen LogP contribution in [0, 0.1) is 13.8 Å². The van der Waals surface area contributed by atoms with Crippen LogP contribution in [0.15, 0.2) is 42.5 Å². The van der Waals surface area contributed by atoms with Crippen LogP contribution in [0.4, 0.5) is 5.69 Å². The van der Waals surface area contributed by atoms with Crippen molar-refractivity contribution in [1.29, 1.82) is 0 Å². The van der Waals surface area contributed by atoms with Crippen LogP contribution in [0.2, 0.25) is 0 Å². The molecule has 0 saturated carbocycles. The molecule has 0 aliphatic carbocycles. The summed E-state index contributed by atoms with van der Waals surface area (Å²) in [5.74, 6) is -0.452. The van der Waals surface area contributed by atoms with Crippen LogP contribution >= 0.6 is 0 Å². The van der Waals surface area contributed by atoms with E-state index in [4.69, 9.17) is 4.74 Å². The Labute approximate surface area is 209 Å². The number of anilines is 1. The van der Waals surface area contributed by atoms with Crippen LogP contribution < -0.4 is 14.4 Å². The minimum atomic E-state index is -3.84. The monoisotopic (exact) mass is 503 g/mol. The van der Waals surface area contributed by atoms with Crippen LogP contribution in [0.1, 0.15) is 43.9 Å². The second-order valence-corrected chi connectivity index (χ2v) is 10.9. The predicted octanol–water partition coefficient (Wildman–Crippen LogP) is 3.41. The molecule has 2 aromatic rings. The molecule has 35 heavy (non-hydrogen) atoms. The second-order valence-electron chi connectivity index (χ2n) is 8.95. The Hall–Kier alpha value is -3.07. The fourth-order valence-corrected chi connectivity index (χ4v) is 4.37. The fourth-order valence-electron chi connectivity index (χ4n) is 3.53. The van der Waals surface area contributed by atoms with Gasteiger partial charge in [0, 0.05) is 12.6 Å². The zero-order chi connectivity index (χ0) is 26.3. The molecule has 2 aromatic carbocycles. The van der Waals surface area contributed by atoms with Gasteiger partial charge in [-0.05, 0) is 57.4 Å². The summed E-state index contributed by atoms with van der Waals surface area (Å²) < 4.78 is 31.9. The number of rotatable bonds is 11. The number of nitrogens with zero attached hydrogens (tertiary/aromatic N) is 2. The standard InChI is InChI=1S/C26H37N3O5S/c1-8-20(4)27-26(31)21(5)28(16-22-12-9-18(2)10-13-22)25(30)17-29(35(7,32)33)23-15-19(3)11-14-24(23)34-6/h9-15,20-21H,8,16-17H2,1-7H3,(H,27,31)/t20-,21-/m1/s1. The maximum Gasteiger partial charge on any atom is 0.244 e. The molecule has 0 spiro atoms. The van der Waals surface area contributed by atoms with E-state index >= 15 is 0 Å². The first-order valence-electron chi connectivity index (χ1n) is 11.6. The summed E-state index contributed by atoms with van der Waals surface area (Å²) >= 11 is 0. The number of benzene rings is 2.